The summed E-state index contributed by atoms with van der Waals surface area (Å²) in [5, 5.41) is 0.124. The zero-order chi connectivity index (χ0) is 10.5. The van der Waals surface area contributed by atoms with Crippen molar-refractivity contribution in [3.63, 3.8) is 0 Å². The van der Waals surface area contributed by atoms with Crippen molar-refractivity contribution in [3.8, 4) is 0 Å². The lowest BCUT2D eigenvalue weighted by molar-refractivity contribution is 0.551. The molecule has 0 nitrogen and oxygen atoms in total. The van der Waals surface area contributed by atoms with Crippen LogP contribution in [-0.2, 0) is 0 Å². The Bertz CT molecular complexity index is 340. The van der Waals surface area contributed by atoms with Crippen LogP contribution in [0.5, 0.6) is 0 Å². The van der Waals surface area contributed by atoms with E-state index in [9.17, 15) is 0 Å². The molecule has 0 spiro atoms. The molecule has 1 aliphatic rings. The maximum absolute atomic E-state index is 6.40. The van der Waals surface area contributed by atoms with Gasteiger partial charge in [0, 0.05) is 9.35 Å². The van der Waals surface area contributed by atoms with Gasteiger partial charge in [-0.3, -0.25) is 0 Å². The molecular formula is C10H11BrCl2S. The van der Waals surface area contributed by atoms with Gasteiger partial charge < -0.3 is 0 Å². The summed E-state index contributed by atoms with van der Waals surface area (Å²) in [5.74, 6) is 0.603. The Morgan fingerprint density at radius 3 is 2.57 bits per heavy atom. The fraction of sp³-hybridized carbons (Fsp3) is 0.600. The van der Waals surface area contributed by atoms with Crippen LogP contribution in [0.25, 0.3) is 0 Å². The fourth-order valence-electron chi connectivity index (χ4n) is 1.70. The lowest BCUT2D eigenvalue weighted by Crippen LogP contribution is -1.96. The van der Waals surface area contributed by atoms with Crippen molar-refractivity contribution in [1.29, 1.82) is 0 Å². The summed E-state index contributed by atoms with van der Waals surface area (Å²) in [5.41, 5.74) is 0.412. The van der Waals surface area contributed by atoms with E-state index in [4.69, 9.17) is 23.2 Å². The fourth-order valence-corrected chi connectivity index (χ4v) is 4.11. The van der Waals surface area contributed by atoms with Crippen molar-refractivity contribution >= 4 is 50.5 Å². The Morgan fingerprint density at radius 1 is 1.64 bits per heavy atom. The van der Waals surface area contributed by atoms with Crippen LogP contribution in [0.2, 0.25) is 4.34 Å². The summed E-state index contributed by atoms with van der Waals surface area (Å²) in [6.45, 7) is 4.52. The van der Waals surface area contributed by atoms with Gasteiger partial charge in [-0.2, -0.15) is 0 Å². The normalized spacial score (nSPS) is 26.2. The summed E-state index contributed by atoms with van der Waals surface area (Å²) < 4.78 is 1.76. The molecule has 14 heavy (non-hydrogen) atoms. The lowest BCUT2D eigenvalue weighted by Gasteiger charge is -2.08. The molecule has 0 bridgehead atoms. The summed E-state index contributed by atoms with van der Waals surface area (Å²) in [4.78, 5) is 1.18. The first-order chi connectivity index (χ1) is 6.42. The van der Waals surface area contributed by atoms with Crippen molar-refractivity contribution < 1.29 is 0 Å². The molecule has 0 aromatic carbocycles. The molecule has 0 radical (unpaired) electrons. The zero-order valence-electron chi connectivity index (χ0n) is 7.98. The van der Waals surface area contributed by atoms with E-state index in [0.29, 0.717) is 11.3 Å². The molecule has 0 saturated heterocycles. The van der Waals surface area contributed by atoms with Crippen LogP contribution in [0.15, 0.2) is 10.5 Å². The minimum absolute atomic E-state index is 0.124. The molecule has 4 heteroatoms. The molecule has 1 fully saturated rings. The predicted octanol–water partition coefficient (Wildman–Crippen LogP) is 5.49. The topological polar surface area (TPSA) is 0 Å². The molecule has 1 aliphatic carbocycles. The molecule has 0 N–H and O–H groups in total. The second-order valence-electron chi connectivity index (χ2n) is 4.47. The molecule has 1 aromatic rings. The summed E-state index contributed by atoms with van der Waals surface area (Å²) in [6.07, 6.45) is 1.22. The number of thiophene rings is 1. The highest BCUT2D eigenvalue weighted by atomic mass is 79.9. The van der Waals surface area contributed by atoms with E-state index in [-0.39, 0.29) is 5.38 Å². The van der Waals surface area contributed by atoms with Gasteiger partial charge in [0.2, 0.25) is 0 Å². The molecule has 1 heterocycles. The van der Waals surface area contributed by atoms with Gasteiger partial charge in [0.25, 0.3) is 0 Å². The van der Waals surface area contributed by atoms with Crippen LogP contribution in [-0.4, -0.2) is 0 Å². The summed E-state index contributed by atoms with van der Waals surface area (Å²) in [7, 11) is 0. The van der Waals surface area contributed by atoms with Gasteiger partial charge in [0.1, 0.15) is 4.34 Å². The first-order valence-electron chi connectivity index (χ1n) is 4.50. The van der Waals surface area contributed by atoms with Crippen molar-refractivity contribution in [2.75, 3.05) is 0 Å². The van der Waals surface area contributed by atoms with E-state index >= 15 is 0 Å². The highest BCUT2D eigenvalue weighted by Crippen LogP contribution is 2.61. The molecule has 1 saturated carbocycles. The van der Waals surface area contributed by atoms with Gasteiger partial charge in [-0.15, -0.1) is 22.9 Å². The summed E-state index contributed by atoms with van der Waals surface area (Å²) >= 11 is 17.4. The minimum atomic E-state index is 0.124. The Morgan fingerprint density at radius 2 is 2.21 bits per heavy atom. The van der Waals surface area contributed by atoms with E-state index in [1.807, 2.05) is 6.07 Å². The smallest absolute Gasteiger partial charge is 0.107 e. The predicted molar refractivity (Wildman–Crippen MR) is 67.5 cm³/mol. The Labute approximate surface area is 107 Å². The molecule has 0 aliphatic heterocycles. The third-order valence-electron chi connectivity index (χ3n) is 2.88. The molecule has 0 amide bonds. The van der Waals surface area contributed by atoms with Crippen LogP contribution < -0.4 is 0 Å². The van der Waals surface area contributed by atoms with Crippen LogP contribution in [0, 0.1) is 11.3 Å². The average Bonchev–Trinajstić information content (AvgIpc) is 2.59. The van der Waals surface area contributed by atoms with Crippen molar-refractivity contribution in [2.45, 2.75) is 25.6 Å². The van der Waals surface area contributed by atoms with Crippen LogP contribution >= 0.6 is 50.5 Å². The minimum Gasteiger partial charge on any atom is -0.126 e. The van der Waals surface area contributed by atoms with Crippen LogP contribution in [0.4, 0.5) is 0 Å². The molecule has 2 unspecified atom stereocenters. The standard InChI is InChI=1S/C10H11BrCl2S/c1-10(2)4-5(10)8(12)7-3-6(11)9(13)14-7/h3,5,8H,4H2,1-2H3. The van der Waals surface area contributed by atoms with Gasteiger partial charge in [0.15, 0.2) is 0 Å². The van der Waals surface area contributed by atoms with E-state index in [1.54, 1.807) is 11.3 Å². The van der Waals surface area contributed by atoms with E-state index in [2.05, 4.69) is 29.8 Å². The quantitative estimate of drug-likeness (QED) is 0.633. The lowest BCUT2D eigenvalue weighted by atomic mass is 10.1. The molecule has 78 valence electrons. The van der Waals surface area contributed by atoms with Crippen LogP contribution in [0.1, 0.15) is 30.5 Å². The first kappa shape index (κ1) is 11.3. The van der Waals surface area contributed by atoms with Crippen LogP contribution in [0.3, 0.4) is 0 Å². The van der Waals surface area contributed by atoms with Gasteiger partial charge in [-0.25, -0.2) is 0 Å². The van der Waals surface area contributed by atoms with Crippen molar-refractivity contribution in [3.05, 3.63) is 19.8 Å². The zero-order valence-corrected chi connectivity index (χ0v) is 11.9. The SMILES string of the molecule is CC1(C)CC1C(Cl)c1cc(Br)c(Cl)s1. The van der Waals surface area contributed by atoms with Gasteiger partial charge in [-0.1, -0.05) is 25.4 Å². The van der Waals surface area contributed by atoms with E-state index < -0.39 is 0 Å². The third-order valence-corrected chi connectivity index (χ3v) is 6.11. The monoisotopic (exact) mass is 312 g/mol. The number of hydrogen-bond acceptors (Lipinski definition) is 1. The third kappa shape index (κ3) is 1.99. The number of hydrogen-bond donors (Lipinski definition) is 0. The van der Waals surface area contributed by atoms with E-state index in [0.717, 1.165) is 8.81 Å². The Hall–Kier alpha value is 0.760. The van der Waals surface area contributed by atoms with Gasteiger partial charge >= 0.3 is 0 Å². The summed E-state index contributed by atoms with van der Waals surface area (Å²) in [6, 6.07) is 2.04. The molecule has 1 aromatic heterocycles. The molecule has 2 atom stereocenters. The Kier molecular flexibility index (Phi) is 2.94. The highest BCUT2D eigenvalue weighted by Gasteiger charge is 2.50. The molecular weight excluding hydrogens is 303 g/mol. The number of rotatable bonds is 2. The molecule has 2 rings (SSSR count). The van der Waals surface area contributed by atoms with E-state index in [1.165, 1.54) is 11.3 Å². The second-order valence-corrected chi connectivity index (χ2v) is 7.48. The van der Waals surface area contributed by atoms with Gasteiger partial charge in [-0.05, 0) is 39.8 Å². The number of halogens is 3. The van der Waals surface area contributed by atoms with Crippen molar-refractivity contribution in [2.24, 2.45) is 11.3 Å². The second kappa shape index (κ2) is 3.65. The number of alkyl halides is 1. The average molecular weight is 314 g/mol. The largest absolute Gasteiger partial charge is 0.126 e. The van der Waals surface area contributed by atoms with Gasteiger partial charge in [0.05, 0.1) is 5.38 Å². The maximum atomic E-state index is 6.40. The Balaban J connectivity index is 2.16. The first-order valence-corrected chi connectivity index (χ1v) is 6.93. The maximum Gasteiger partial charge on any atom is 0.107 e. The van der Waals surface area contributed by atoms with Crippen molar-refractivity contribution in [1.82, 2.24) is 0 Å². The highest BCUT2D eigenvalue weighted by molar-refractivity contribution is 9.10.